The Morgan fingerprint density at radius 2 is 2.05 bits per heavy atom. The summed E-state index contributed by atoms with van der Waals surface area (Å²) in [5.74, 6) is 0. The topological polar surface area (TPSA) is 58.3 Å². The first-order valence-electron chi connectivity index (χ1n) is 8.06. The van der Waals surface area contributed by atoms with Crippen molar-refractivity contribution in [3.05, 3.63) is 26.6 Å². The van der Waals surface area contributed by atoms with E-state index in [1.807, 2.05) is 12.1 Å². The zero-order chi connectivity index (χ0) is 17.6. The number of nitrogens with two attached hydrogens (primary N) is 1. The monoisotopic (exact) mass is 417 g/mol. The van der Waals surface area contributed by atoms with Gasteiger partial charge in [-0.25, -0.2) is 0 Å². The van der Waals surface area contributed by atoms with E-state index in [0.29, 0.717) is 12.2 Å². The predicted molar refractivity (Wildman–Crippen MR) is 88.6 cm³/mol. The van der Waals surface area contributed by atoms with E-state index in [1.165, 1.54) is 0 Å². The molecule has 0 bridgehead atoms. The Balaban J connectivity index is 0.00000288. The fourth-order valence-corrected chi connectivity index (χ4v) is 3.07. The van der Waals surface area contributed by atoms with E-state index in [4.69, 9.17) is 12.6 Å². The highest BCUT2D eigenvalue weighted by atomic mass is 79.9. The predicted octanol–water partition coefficient (Wildman–Crippen LogP) is 3.61. The van der Waals surface area contributed by atoms with Crippen molar-refractivity contribution in [1.29, 1.82) is 0 Å². The van der Waals surface area contributed by atoms with Crippen LogP contribution in [0.2, 0.25) is 0 Å². The van der Waals surface area contributed by atoms with Crippen LogP contribution in [0.3, 0.4) is 0 Å². The maximum Gasteiger partial charge on any atom is 0.0600 e. The van der Waals surface area contributed by atoms with Gasteiger partial charge in [-0.3, -0.25) is 0 Å². The molecule has 0 aliphatic heterocycles. The van der Waals surface area contributed by atoms with E-state index in [1.54, 1.807) is 0 Å². The van der Waals surface area contributed by atoms with Crippen molar-refractivity contribution < 1.29 is 12.0 Å². The minimum atomic E-state index is -2.77. The first-order valence-corrected chi connectivity index (χ1v) is 7.15. The van der Waals surface area contributed by atoms with E-state index in [0.717, 1.165) is 14.5 Å². The van der Waals surface area contributed by atoms with Gasteiger partial charge in [-0.1, -0.05) is 15.9 Å². The van der Waals surface area contributed by atoms with Crippen molar-refractivity contribution in [1.82, 2.24) is 5.32 Å². The van der Waals surface area contributed by atoms with Crippen LogP contribution in [0.15, 0.2) is 21.1 Å². The van der Waals surface area contributed by atoms with Crippen molar-refractivity contribution in [2.24, 2.45) is 0 Å². The average molecular weight is 420 g/mol. The molecule has 0 atom stereocenters. The lowest BCUT2D eigenvalue weighted by molar-refractivity contribution is 0.116. The molecular formula is C13H19Br2ClN2O. The van der Waals surface area contributed by atoms with Gasteiger partial charge in [-0.2, -0.15) is 0 Å². The summed E-state index contributed by atoms with van der Waals surface area (Å²) in [5, 5.41) is 13.0. The molecule has 0 heterocycles. The number of anilines is 1. The van der Waals surface area contributed by atoms with Gasteiger partial charge in [-0.15, -0.1) is 12.4 Å². The Labute approximate surface area is 144 Å². The van der Waals surface area contributed by atoms with Gasteiger partial charge in [0.15, 0.2) is 0 Å². The first kappa shape index (κ1) is 10.9. The van der Waals surface area contributed by atoms with Crippen LogP contribution >= 0.6 is 44.3 Å². The largest absolute Gasteiger partial charge is 0.398 e. The van der Waals surface area contributed by atoms with Crippen LogP contribution in [-0.2, 0) is 6.54 Å². The highest BCUT2D eigenvalue weighted by Crippen LogP contribution is 2.28. The molecule has 0 aromatic heterocycles. The third kappa shape index (κ3) is 4.90. The molecule has 1 aliphatic carbocycles. The van der Waals surface area contributed by atoms with E-state index in [-0.39, 0.29) is 25.2 Å². The van der Waals surface area contributed by atoms with Crippen LogP contribution in [0.1, 0.15) is 38.0 Å². The molecule has 1 fully saturated rings. The molecule has 3 nitrogen and oxygen atoms in total. The molecule has 1 aliphatic rings. The van der Waals surface area contributed by atoms with Gasteiger partial charge >= 0.3 is 0 Å². The lowest BCUT2D eigenvalue weighted by Gasteiger charge is -2.26. The van der Waals surface area contributed by atoms with Crippen molar-refractivity contribution in [2.45, 2.75) is 44.3 Å². The lowest BCUT2D eigenvalue weighted by atomic mass is 9.93. The Hall–Kier alpha value is 0.190. The maximum atomic E-state index is 9.91. The molecule has 1 saturated carbocycles. The molecule has 19 heavy (non-hydrogen) atoms. The van der Waals surface area contributed by atoms with Crippen LogP contribution in [0.4, 0.5) is 5.69 Å². The van der Waals surface area contributed by atoms with Gasteiger partial charge in [0.1, 0.15) is 0 Å². The molecule has 1 aromatic rings. The number of aliphatic hydroxyl groups is 1. The quantitative estimate of drug-likeness (QED) is 0.656. The second-order valence-corrected chi connectivity index (χ2v) is 5.92. The van der Waals surface area contributed by atoms with Gasteiger partial charge in [0.25, 0.3) is 0 Å². The molecule has 6 heteroatoms. The molecule has 0 radical (unpaired) electrons. The Kier molecular flexibility index (Phi) is 4.48. The van der Waals surface area contributed by atoms with Crippen LogP contribution < -0.4 is 11.1 Å². The fourth-order valence-electron chi connectivity index (χ4n) is 1.76. The van der Waals surface area contributed by atoms with E-state index < -0.39 is 24.9 Å². The van der Waals surface area contributed by atoms with E-state index >= 15 is 0 Å². The average Bonchev–Trinajstić information content (AvgIpc) is 2.38. The van der Waals surface area contributed by atoms with Gasteiger partial charge < -0.3 is 16.2 Å². The van der Waals surface area contributed by atoms with Crippen LogP contribution in [0.25, 0.3) is 0 Å². The summed E-state index contributed by atoms with van der Waals surface area (Å²) in [4.78, 5) is 0. The molecular weight excluding hydrogens is 395 g/mol. The van der Waals surface area contributed by atoms with E-state index in [2.05, 4.69) is 37.2 Å². The van der Waals surface area contributed by atoms with Crippen molar-refractivity contribution >= 4 is 50.0 Å². The van der Waals surface area contributed by atoms with Crippen molar-refractivity contribution in [3.8, 4) is 0 Å². The van der Waals surface area contributed by atoms with Gasteiger partial charge in [0, 0.05) is 27.0 Å². The molecule has 0 amide bonds. The number of rotatable bonds is 3. The second kappa shape index (κ2) is 7.84. The molecule has 108 valence electrons. The summed E-state index contributed by atoms with van der Waals surface area (Å²) in [6.45, 7) is 0.330. The van der Waals surface area contributed by atoms with Crippen LogP contribution in [-0.4, -0.2) is 17.2 Å². The summed E-state index contributed by atoms with van der Waals surface area (Å²) < 4.78 is 40.5. The molecule has 2 rings (SSSR count). The minimum absolute atomic E-state index is 0. The zero-order valence-electron chi connectivity index (χ0n) is 15.0. The number of benzene rings is 1. The van der Waals surface area contributed by atoms with Gasteiger partial charge in [0.2, 0.25) is 0 Å². The Morgan fingerprint density at radius 3 is 2.68 bits per heavy atom. The molecule has 4 N–H and O–H groups in total. The minimum Gasteiger partial charge on any atom is -0.398 e. The maximum absolute atomic E-state index is 9.91. The number of nitrogen functional groups attached to an aromatic ring is 1. The standard InChI is InChI=1S/C13H18Br2N2O.ClH/c14-9-5-8(13(16)12(15)6-9)7-17-10-1-3-11(18)4-2-10;/h5-6,10-11,17-18H,1-4,7,16H2;1H/i3D2,4D2,11D;. The summed E-state index contributed by atoms with van der Waals surface area (Å²) in [6.07, 6.45) is -7.77. The van der Waals surface area contributed by atoms with E-state index in [9.17, 15) is 5.11 Å². The summed E-state index contributed by atoms with van der Waals surface area (Å²) in [5.41, 5.74) is 7.34. The third-order valence-electron chi connectivity index (χ3n) is 2.79. The zero-order valence-corrected chi connectivity index (χ0v) is 14.0. The second-order valence-electron chi connectivity index (χ2n) is 4.15. The third-order valence-corrected chi connectivity index (χ3v) is 3.91. The molecule has 0 saturated heterocycles. The normalized spacial score (nSPS) is 35.9. The summed E-state index contributed by atoms with van der Waals surface area (Å²) in [7, 11) is 0. The summed E-state index contributed by atoms with van der Waals surface area (Å²) in [6, 6.07) is 3.14. The Morgan fingerprint density at radius 1 is 1.42 bits per heavy atom. The number of hydrogen-bond acceptors (Lipinski definition) is 3. The number of halogens is 3. The molecule has 0 unspecified atom stereocenters. The van der Waals surface area contributed by atoms with Gasteiger partial charge in [0.05, 0.1) is 13.1 Å². The van der Waals surface area contributed by atoms with Gasteiger partial charge in [-0.05, 0) is 59.2 Å². The smallest absolute Gasteiger partial charge is 0.0600 e. The van der Waals surface area contributed by atoms with Crippen molar-refractivity contribution in [2.75, 3.05) is 5.73 Å². The SMILES string of the molecule is Cl.[2H]C1([2H])CC(NCc2cc(Br)cc(Br)c2N)CC([2H])([2H])C1([2H])O. The number of nitrogens with one attached hydrogen (secondary N) is 1. The fraction of sp³-hybridized carbons (Fsp3) is 0.538. The highest BCUT2D eigenvalue weighted by molar-refractivity contribution is 9.11. The van der Waals surface area contributed by atoms with Crippen molar-refractivity contribution in [3.63, 3.8) is 0 Å². The number of hydrogen-bond donors (Lipinski definition) is 3. The van der Waals surface area contributed by atoms with Crippen LogP contribution in [0, 0.1) is 0 Å². The lowest BCUT2D eigenvalue weighted by Crippen LogP contribution is -2.34. The highest BCUT2D eigenvalue weighted by Gasteiger charge is 2.19. The summed E-state index contributed by atoms with van der Waals surface area (Å²) >= 11 is 6.73. The van der Waals surface area contributed by atoms with Crippen LogP contribution in [0.5, 0.6) is 0 Å². The molecule has 1 aromatic carbocycles. The molecule has 0 spiro atoms. The Bertz CT molecular complexity index is 598. The first-order chi connectivity index (χ1) is 10.4.